The summed E-state index contributed by atoms with van der Waals surface area (Å²) in [4.78, 5) is 4.96. The maximum atomic E-state index is 2.26. The van der Waals surface area contributed by atoms with Gasteiger partial charge in [-0.3, -0.25) is 0 Å². The van der Waals surface area contributed by atoms with Gasteiger partial charge in [0.05, 0.1) is 6.54 Å². The maximum absolute atomic E-state index is 2.26. The highest BCUT2D eigenvalue weighted by atomic mass is 32.2. The minimum absolute atomic E-state index is 1.19. The predicted molar refractivity (Wildman–Crippen MR) is 103 cm³/mol. The second-order valence-corrected chi connectivity index (χ2v) is 8.10. The smallest absolute Gasteiger partial charge is 0.127 e. The quantitative estimate of drug-likeness (QED) is 0.572. The Bertz CT molecular complexity index is 589. The van der Waals surface area contributed by atoms with Gasteiger partial charge >= 0.3 is 0 Å². The van der Waals surface area contributed by atoms with Gasteiger partial charge in [-0.05, 0) is 19.1 Å². The SMILES string of the molecule is Cc1ccc(SCCC[NH+]2CC[NH+](Cc3ccccc3)CC2)cc1. The van der Waals surface area contributed by atoms with Crippen LogP contribution < -0.4 is 9.80 Å². The molecule has 2 nitrogen and oxygen atoms in total. The summed E-state index contributed by atoms with van der Waals surface area (Å²) < 4.78 is 0. The third-order valence-corrected chi connectivity index (χ3v) is 6.02. The average molecular weight is 343 g/mol. The lowest BCUT2D eigenvalue weighted by Gasteiger charge is -2.29. The van der Waals surface area contributed by atoms with Crippen LogP contribution in [0.1, 0.15) is 17.5 Å². The van der Waals surface area contributed by atoms with Crippen molar-refractivity contribution in [2.24, 2.45) is 0 Å². The number of hydrogen-bond donors (Lipinski definition) is 2. The summed E-state index contributed by atoms with van der Waals surface area (Å²) in [6.45, 7) is 9.96. The van der Waals surface area contributed by atoms with E-state index in [1.54, 1.807) is 9.80 Å². The summed E-state index contributed by atoms with van der Waals surface area (Å²) in [5.41, 5.74) is 2.82. The Hall–Kier alpha value is -1.29. The fourth-order valence-electron chi connectivity index (χ4n) is 3.42. The van der Waals surface area contributed by atoms with Gasteiger partial charge < -0.3 is 9.80 Å². The molecule has 1 saturated heterocycles. The van der Waals surface area contributed by atoms with Gasteiger partial charge in [0.25, 0.3) is 0 Å². The highest BCUT2D eigenvalue weighted by Crippen LogP contribution is 2.18. The largest absolute Gasteiger partial charge is 0.326 e. The van der Waals surface area contributed by atoms with E-state index in [0.717, 1.165) is 0 Å². The van der Waals surface area contributed by atoms with Crippen molar-refractivity contribution >= 4 is 11.8 Å². The van der Waals surface area contributed by atoms with Crippen molar-refractivity contribution in [3.05, 3.63) is 65.7 Å². The van der Waals surface area contributed by atoms with Crippen molar-refractivity contribution < 1.29 is 9.80 Å². The first-order chi connectivity index (χ1) is 11.8. The number of piperazine rings is 1. The molecule has 0 aromatic heterocycles. The number of rotatable bonds is 7. The van der Waals surface area contributed by atoms with Crippen LogP contribution in [0.5, 0.6) is 0 Å². The molecule has 0 aliphatic carbocycles. The van der Waals surface area contributed by atoms with Crippen LogP contribution in [0.25, 0.3) is 0 Å². The average Bonchev–Trinajstić information content (AvgIpc) is 2.62. The third kappa shape index (κ3) is 5.66. The molecule has 2 aromatic carbocycles. The molecule has 1 heterocycles. The zero-order valence-electron chi connectivity index (χ0n) is 14.8. The van der Waals surface area contributed by atoms with Crippen LogP contribution in [0.2, 0.25) is 0 Å². The summed E-state index contributed by atoms with van der Waals surface area (Å²) >= 11 is 2.00. The molecule has 0 atom stereocenters. The summed E-state index contributed by atoms with van der Waals surface area (Å²) in [5.74, 6) is 1.24. The topological polar surface area (TPSA) is 8.88 Å². The molecule has 2 aromatic rings. The predicted octanol–water partition coefficient (Wildman–Crippen LogP) is 1.46. The van der Waals surface area contributed by atoms with Gasteiger partial charge in [0.15, 0.2) is 0 Å². The second kappa shape index (κ2) is 9.26. The van der Waals surface area contributed by atoms with Gasteiger partial charge in [-0.1, -0.05) is 48.0 Å². The Morgan fingerprint density at radius 3 is 2.21 bits per heavy atom. The van der Waals surface area contributed by atoms with Crippen molar-refractivity contribution in [2.75, 3.05) is 38.5 Å². The Labute approximate surface area is 150 Å². The molecule has 1 fully saturated rings. The molecule has 128 valence electrons. The second-order valence-electron chi connectivity index (χ2n) is 6.93. The molecule has 3 rings (SSSR count). The minimum atomic E-state index is 1.19. The number of nitrogens with one attached hydrogen (secondary N) is 2. The van der Waals surface area contributed by atoms with Gasteiger partial charge in [0.2, 0.25) is 0 Å². The van der Waals surface area contributed by atoms with Crippen LogP contribution in [0.4, 0.5) is 0 Å². The molecule has 0 amide bonds. The summed E-state index contributed by atoms with van der Waals surface area (Å²) in [7, 11) is 0. The van der Waals surface area contributed by atoms with Crippen molar-refractivity contribution in [3.8, 4) is 0 Å². The minimum Gasteiger partial charge on any atom is -0.326 e. The lowest BCUT2D eigenvalue weighted by atomic mass is 10.2. The summed E-state index contributed by atoms with van der Waals surface area (Å²) in [5, 5.41) is 0. The number of benzene rings is 2. The Balaban J connectivity index is 1.30. The van der Waals surface area contributed by atoms with E-state index in [9.17, 15) is 0 Å². The molecular weight excluding hydrogens is 312 g/mol. The first kappa shape index (κ1) is 17.5. The van der Waals surface area contributed by atoms with Crippen LogP contribution in [0.3, 0.4) is 0 Å². The van der Waals surface area contributed by atoms with E-state index in [4.69, 9.17) is 0 Å². The fourth-order valence-corrected chi connectivity index (χ4v) is 4.27. The molecule has 3 heteroatoms. The molecular formula is C21H30N2S+2. The monoisotopic (exact) mass is 342 g/mol. The van der Waals surface area contributed by atoms with Crippen molar-refractivity contribution in [1.82, 2.24) is 0 Å². The molecule has 1 aliphatic rings. The van der Waals surface area contributed by atoms with Crippen LogP contribution >= 0.6 is 11.8 Å². The summed E-state index contributed by atoms with van der Waals surface area (Å²) in [6, 6.07) is 19.9. The van der Waals surface area contributed by atoms with E-state index < -0.39 is 0 Å². The number of hydrogen-bond acceptors (Lipinski definition) is 1. The Morgan fingerprint density at radius 1 is 0.833 bits per heavy atom. The third-order valence-electron chi connectivity index (χ3n) is 4.93. The standard InChI is InChI=1S/C21H28N2S/c1-19-8-10-21(11-9-19)24-17-5-12-22-13-15-23(16-14-22)18-20-6-3-2-4-7-20/h2-4,6-11H,5,12-18H2,1H3/p+2. The number of aryl methyl sites for hydroxylation is 1. The number of quaternary nitrogens is 2. The van der Waals surface area contributed by atoms with Crippen molar-refractivity contribution in [1.29, 1.82) is 0 Å². The summed E-state index contributed by atoms with van der Waals surface area (Å²) in [6.07, 6.45) is 1.32. The molecule has 0 unspecified atom stereocenters. The molecule has 0 bridgehead atoms. The van der Waals surface area contributed by atoms with E-state index in [0.29, 0.717) is 0 Å². The molecule has 2 N–H and O–H groups in total. The van der Waals surface area contributed by atoms with Crippen LogP contribution in [-0.4, -0.2) is 38.5 Å². The first-order valence-electron chi connectivity index (χ1n) is 9.20. The highest BCUT2D eigenvalue weighted by Gasteiger charge is 2.22. The molecule has 1 aliphatic heterocycles. The van der Waals surface area contributed by atoms with E-state index in [-0.39, 0.29) is 0 Å². The lowest BCUT2D eigenvalue weighted by molar-refractivity contribution is -1.02. The molecule has 0 radical (unpaired) electrons. The fraction of sp³-hybridized carbons (Fsp3) is 0.429. The van der Waals surface area contributed by atoms with E-state index in [1.807, 2.05) is 11.8 Å². The molecule has 0 saturated carbocycles. The Morgan fingerprint density at radius 2 is 1.50 bits per heavy atom. The van der Waals surface area contributed by atoms with E-state index >= 15 is 0 Å². The van der Waals surface area contributed by atoms with Gasteiger partial charge in [-0.15, -0.1) is 11.8 Å². The van der Waals surface area contributed by atoms with Gasteiger partial charge in [0, 0.05) is 22.6 Å². The van der Waals surface area contributed by atoms with Gasteiger partial charge in [0.1, 0.15) is 32.7 Å². The van der Waals surface area contributed by atoms with Gasteiger partial charge in [-0.25, -0.2) is 0 Å². The van der Waals surface area contributed by atoms with Crippen LogP contribution in [0.15, 0.2) is 59.5 Å². The van der Waals surface area contributed by atoms with Crippen molar-refractivity contribution in [2.45, 2.75) is 24.8 Å². The normalized spacial score (nSPS) is 20.9. The Kier molecular flexibility index (Phi) is 6.76. The lowest BCUT2D eigenvalue weighted by Crippen LogP contribution is -3.27. The van der Waals surface area contributed by atoms with Crippen molar-refractivity contribution in [3.63, 3.8) is 0 Å². The number of thioether (sulfide) groups is 1. The zero-order valence-corrected chi connectivity index (χ0v) is 15.6. The van der Waals surface area contributed by atoms with Gasteiger partial charge in [-0.2, -0.15) is 0 Å². The van der Waals surface area contributed by atoms with Crippen LogP contribution in [-0.2, 0) is 6.54 Å². The van der Waals surface area contributed by atoms with Crippen LogP contribution in [0, 0.1) is 6.92 Å². The first-order valence-corrected chi connectivity index (χ1v) is 10.2. The molecule has 24 heavy (non-hydrogen) atoms. The zero-order chi connectivity index (χ0) is 16.6. The van der Waals surface area contributed by atoms with E-state index in [2.05, 4.69) is 61.5 Å². The van der Waals surface area contributed by atoms with E-state index in [1.165, 1.54) is 67.5 Å². The molecule has 0 spiro atoms. The highest BCUT2D eigenvalue weighted by molar-refractivity contribution is 7.99. The maximum Gasteiger partial charge on any atom is 0.127 e.